The van der Waals surface area contributed by atoms with Crippen molar-refractivity contribution in [3.8, 4) is 0 Å². The predicted octanol–water partition coefficient (Wildman–Crippen LogP) is 7.14. The molecule has 9 unspecified atom stereocenters. The Morgan fingerprint density at radius 2 is 1.88 bits per heavy atom. The van der Waals surface area contributed by atoms with E-state index in [4.69, 9.17) is 4.74 Å². The summed E-state index contributed by atoms with van der Waals surface area (Å²) in [4.78, 5) is 25.3. The number of hydrogen-bond acceptors (Lipinski definition) is 3. The molecule has 0 spiro atoms. The highest BCUT2D eigenvalue weighted by molar-refractivity contribution is 5.97. The molecule has 3 saturated carbocycles. The lowest BCUT2D eigenvalue weighted by Gasteiger charge is -2.56. The van der Waals surface area contributed by atoms with E-state index in [0.717, 1.165) is 25.2 Å². The van der Waals surface area contributed by atoms with Crippen molar-refractivity contribution >= 4 is 11.8 Å². The van der Waals surface area contributed by atoms with Crippen LogP contribution in [0.15, 0.2) is 11.6 Å². The van der Waals surface area contributed by atoms with Crippen molar-refractivity contribution in [1.82, 2.24) is 0 Å². The van der Waals surface area contributed by atoms with Crippen molar-refractivity contribution in [2.75, 3.05) is 0 Å². The monoisotopic (exact) mass is 442 g/mol. The Morgan fingerprint density at radius 1 is 1.12 bits per heavy atom. The van der Waals surface area contributed by atoms with E-state index in [0.29, 0.717) is 35.4 Å². The summed E-state index contributed by atoms with van der Waals surface area (Å²) in [6, 6.07) is 0. The third-order valence-electron chi connectivity index (χ3n) is 10.8. The summed E-state index contributed by atoms with van der Waals surface area (Å²) < 4.78 is 5.59. The van der Waals surface area contributed by atoms with Crippen molar-refractivity contribution in [2.24, 2.45) is 46.3 Å². The summed E-state index contributed by atoms with van der Waals surface area (Å²) in [5.74, 6) is 3.85. The van der Waals surface area contributed by atoms with Crippen molar-refractivity contribution in [1.29, 1.82) is 0 Å². The maximum Gasteiger partial charge on any atom is 0.302 e. The highest BCUT2D eigenvalue weighted by atomic mass is 16.5. The Bertz CT molecular complexity index is 768. The number of carbonyl (C=O) groups is 2. The highest BCUT2D eigenvalue weighted by Gasteiger charge is 2.61. The predicted molar refractivity (Wildman–Crippen MR) is 129 cm³/mol. The topological polar surface area (TPSA) is 43.4 Å². The van der Waals surface area contributed by atoms with Crippen molar-refractivity contribution in [3.63, 3.8) is 0 Å². The maximum absolute atomic E-state index is 13.8. The smallest absolute Gasteiger partial charge is 0.302 e. The van der Waals surface area contributed by atoms with Gasteiger partial charge in [-0.15, -0.1) is 0 Å². The summed E-state index contributed by atoms with van der Waals surface area (Å²) >= 11 is 0. The van der Waals surface area contributed by atoms with Crippen LogP contribution in [0.2, 0.25) is 0 Å². The average molecular weight is 443 g/mol. The minimum atomic E-state index is -0.166. The van der Waals surface area contributed by atoms with E-state index in [2.05, 4.69) is 40.7 Å². The van der Waals surface area contributed by atoms with E-state index in [9.17, 15) is 9.59 Å². The van der Waals surface area contributed by atoms with Crippen LogP contribution in [0, 0.1) is 46.3 Å². The number of esters is 1. The molecule has 4 aliphatic carbocycles. The van der Waals surface area contributed by atoms with Gasteiger partial charge in [0.2, 0.25) is 0 Å². The lowest BCUT2D eigenvalue weighted by Crippen LogP contribution is -2.52. The minimum absolute atomic E-state index is 0.0644. The normalized spacial score (nSPS) is 42.9. The summed E-state index contributed by atoms with van der Waals surface area (Å²) in [5, 5.41) is 0. The fourth-order valence-corrected chi connectivity index (χ4v) is 8.51. The molecule has 32 heavy (non-hydrogen) atoms. The number of rotatable bonds is 6. The molecule has 0 aromatic carbocycles. The van der Waals surface area contributed by atoms with Crippen LogP contribution in [0.3, 0.4) is 0 Å². The third-order valence-corrected chi connectivity index (χ3v) is 10.8. The van der Waals surface area contributed by atoms with Crippen LogP contribution < -0.4 is 0 Å². The first-order chi connectivity index (χ1) is 15.1. The largest absolute Gasteiger partial charge is 0.463 e. The molecule has 3 heteroatoms. The maximum atomic E-state index is 13.8. The molecular formula is C29H46O3. The first-order valence-electron chi connectivity index (χ1n) is 13.5. The van der Waals surface area contributed by atoms with Crippen LogP contribution >= 0.6 is 0 Å². The molecule has 0 N–H and O–H groups in total. The quantitative estimate of drug-likeness (QED) is 0.411. The molecule has 0 bridgehead atoms. The summed E-state index contributed by atoms with van der Waals surface area (Å²) in [6.07, 6.45) is 13.8. The van der Waals surface area contributed by atoms with Gasteiger partial charge in [0.1, 0.15) is 6.10 Å². The lowest BCUT2D eigenvalue weighted by molar-refractivity contribution is -0.151. The molecule has 4 rings (SSSR count). The molecule has 3 fully saturated rings. The van der Waals surface area contributed by atoms with Gasteiger partial charge in [-0.3, -0.25) is 9.59 Å². The second kappa shape index (κ2) is 8.91. The average Bonchev–Trinajstić information content (AvgIpc) is 3.11. The van der Waals surface area contributed by atoms with Gasteiger partial charge in [0, 0.05) is 12.3 Å². The number of allylic oxidation sites excluding steroid dienone is 2. The molecule has 0 heterocycles. The fourth-order valence-electron chi connectivity index (χ4n) is 8.51. The minimum Gasteiger partial charge on any atom is -0.463 e. The molecule has 9 atom stereocenters. The zero-order chi connectivity index (χ0) is 23.3. The first kappa shape index (κ1) is 24.0. The highest BCUT2D eigenvalue weighted by Crippen LogP contribution is 2.65. The third kappa shape index (κ3) is 3.90. The van der Waals surface area contributed by atoms with Gasteiger partial charge in [0.25, 0.3) is 0 Å². The van der Waals surface area contributed by atoms with E-state index in [1.54, 1.807) is 0 Å². The summed E-state index contributed by atoms with van der Waals surface area (Å²) in [5.41, 5.74) is 1.41. The van der Waals surface area contributed by atoms with Crippen LogP contribution in [-0.4, -0.2) is 17.9 Å². The van der Waals surface area contributed by atoms with Gasteiger partial charge in [0.15, 0.2) is 5.78 Å². The van der Waals surface area contributed by atoms with Gasteiger partial charge >= 0.3 is 5.97 Å². The van der Waals surface area contributed by atoms with Crippen molar-refractivity contribution < 1.29 is 14.3 Å². The molecule has 0 radical (unpaired) electrons. The van der Waals surface area contributed by atoms with Gasteiger partial charge in [-0.1, -0.05) is 59.5 Å². The van der Waals surface area contributed by atoms with E-state index >= 15 is 0 Å². The number of fused-ring (bicyclic) bond motifs is 5. The second-order valence-electron chi connectivity index (χ2n) is 12.4. The van der Waals surface area contributed by atoms with E-state index < -0.39 is 0 Å². The van der Waals surface area contributed by atoms with Gasteiger partial charge in [-0.05, 0) is 91.9 Å². The van der Waals surface area contributed by atoms with Crippen molar-refractivity contribution in [2.45, 2.75) is 112 Å². The Hall–Kier alpha value is -1.12. The number of carbonyl (C=O) groups excluding carboxylic acids is 2. The van der Waals surface area contributed by atoms with Crippen LogP contribution in [0.5, 0.6) is 0 Å². The fraction of sp³-hybridized carbons (Fsp3) is 0.862. The Morgan fingerprint density at radius 3 is 2.56 bits per heavy atom. The Labute approximate surface area is 196 Å². The molecule has 4 aliphatic rings. The first-order valence-corrected chi connectivity index (χ1v) is 13.5. The van der Waals surface area contributed by atoms with Crippen LogP contribution in [0.25, 0.3) is 0 Å². The number of ether oxygens (including phenoxy) is 1. The van der Waals surface area contributed by atoms with E-state index in [-0.39, 0.29) is 22.9 Å². The van der Waals surface area contributed by atoms with Crippen LogP contribution in [-0.2, 0) is 14.3 Å². The van der Waals surface area contributed by atoms with Gasteiger partial charge in [-0.2, -0.15) is 0 Å². The van der Waals surface area contributed by atoms with Crippen molar-refractivity contribution in [3.05, 3.63) is 11.6 Å². The standard InChI is InChI=1S/C29H46O3/c1-7-18(2)8-9-19(3)24-12-13-25-23-11-10-21-16-22(32-20(4)30)14-15-28(21,5)26(23)17-27(31)29(24,25)6/h17-19,21-25H,7-16H2,1-6H3. The van der Waals surface area contributed by atoms with E-state index in [1.807, 2.05) is 0 Å². The second-order valence-corrected chi connectivity index (χ2v) is 12.4. The molecule has 0 aromatic rings. The molecule has 0 aromatic heterocycles. The molecule has 0 amide bonds. The number of hydrogen-bond donors (Lipinski definition) is 0. The van der Waals surface area contributed by atoms with Gasteiger partial charge in [-0.25, -0.2) is 0 Å². The SMILES string of the molecule is CCC(C)CCC(C)C1CCC2C3CCC4CC(OC(C)=O)CCC4(C)C3=CC(=O)C12C. The van der Waals surface area contributed by atoms with E-state index in [1.165, 1.54) is 57.4 Å². The van der Waals surface area contributed by atoms with Gasteiger partial charge in [0.05, 0.1) is 0 Å². The zero-order valence-electron chi connectivity index (χ0n) is 21.4. The summed E-state index contributed by atoms with van der Waals surface area (Å²) in [7, 11) is 0. The summed E-state index contributed by atoms with van der Waals surface area (Å²) in [6.45, 7) is 13.3. The molecule has 3 nitrogen and oxygen atoms in total. The Balaban J connectivity index is 1.55. The number of ketones is 1. The van der Waals surface area contributed by atoms with Crippen LogP contribution in [0.4, 0.5) is 0 Å². The lowest BCUT2D eigenvalue weighted by atomic mass is 9.48. The Kier molecular flexibility index (Phi) is 6.69. The molecular weight excluding hydrogens is 396 g/mol. The molecule has 0 aliphatic heterocycles. The molecule has 180 valence electrons. The zero-order valence-corrected chi connectivity index (χ0v) is 21.4. The van der Waals surface area contributed by atoms with Gasteiger partial charge < -0.3 is 4.74 Å². The molecule has 0 saturated heterocycles. The van der Waals surface area contributed by atoms with Crippen LogP contribution in [0.1, 0.15) is 106 Å².